The molecule has 0 fully saturated rings. The standard InChI is InChI=1S/C19H19BrN8O3/c1-27(2)19-24-17(21-10-12-6-4-3-5-7-12)23-18(25-19)26-22-11-13-8-14(20)9-15(16(13)29)28(30)31/h3-9,11,29H,10H2,1-2H3,(H2,21,23,24,25,26)/p-1/b22-11-. The van der Waals surface area contributed by atoms with Gasteiger partial charge in [-0.15, -0.1) is 0 Å². The monoisotopic (exact) mass is 485 g/mol. The summed E-state index contributed by atoms with van der Waals surface area (Å²) in [5.74, 6) is 0.129. The van der Waals surface area contributed by atoms with Gasteiger partial charge in [0.05, 0.1) is 11.1 Å². The van der Waals surface area contributed by atoms with Gasteiger partial charge in [-0.25, -0.2) is 5.43 Å². The van der Waals surface area contributed by atoms with Crippen molar-refractivity contribution in [3.05, 3.63) is 68.2 Å². The molecule has 31 heavy (non-hydrogen) atoms. The number of nitrogens with zero attached hydrogens (tertiary/aromatic N) is 6. The molecule has 1 aromatic heterocycles. The van der Waals surface area contributed by atoms with Gasteiger partial charge in [0.1, 0.15) is 0 Å². The Balaban J connectivity index is 1.79. The number of benzene rings is 2. The predicted molar refractivity (Wildman–Crippen MR) is 119 cm³/mol. The second-order valence-electron chi connectivity index (χ2n) is 6.49. The Kier molecular flexibility index (Phi) is 6.92. The van der Waals surface area contributed by atoms with Crippen LogP contribution in [-0.4, -0.2) is 40.2 Å². The fourth-order valence-electron chi connectivity index (χ4n) is 2.46. The first-order valence-corrected chi connectivity index (χ1v) is 9.78. The Hall–Kier alpha value is -3.80. The maximum atomic E-state index is 12.2. The van der Waals surface area contributed by atoms with Gasteiger partial charge in [0.15, 0.2) is 0 Å². The van der Waals surface area contributed by atoms with Gasteiger partial charge in [-0.3, -0.25) is 10.1 Å². The second kappa shape index (κ2) is 9.80. The lowest BCUT2D eigenvalue weighted by Crippen LogP contribution is -2.16. The van der Waals surface area contributed by atoms with Gasteiger partial charge in [-0.05, 0) is 22.9 Å². The van der Waals surface area contributed by atoms with Crippen LogP contribution in [0.1, 0.15) is 11.1 Å². The number of rotatable bonds is 8. The third kappa shape index (κ3) is 5.85. The molecule has 0 amide bonds. The van der Waals surface area contributed by atoms with Crippen molar-refractivity contribution >= 4 is 45.7 Å². The first kappa shape index (κ1) is 21.9. The van der Waals surface area contributed by atoms with Gasteiger partial charge in [-0.2, -0.15) is 20.1 Å². The Morgan fingerprint density at radius 1 is 1.16 bits per heavy atom. The lowest BCUT2D eigenvalue weighted by molar-refractivity contribution is -0.398. The molecule has 0 radical (unpaired) electrons. The molecule has 0 aliphatic carbocycles. The van der Waals surface area contributed by atoms with Crippen LogP contribution < -0.4 is 20.7 Å². The van der Waals surface area contributed by atoms with Crippen LogP contribution in [0.4, 0.5) is 23.5 Å². The summed E-state index contributed by atoms with van der Waals surface area (Å²) in [6.07, 6.45) is 1.18. The minimum absolute atomic E-state index is 0.0397. The van der Waals surface area contributed by atoms with E-state index in [0.29, 0.717) is 22.9 Å². The van der Waals surface area contributed by atoms with Crippen molar-refractivity contribution in [2.75, 3.05) is 29.7 Å². The van der Waals surface area contributed by atoms with E-state index in [-0.39, 0.29) is 11.5 Å². The number of halogens is 1. The highest BCUT2D eigenvalue weighted by Gasteiger charge is 2.11. The zero-order valence-corrected chi connectivity index (χ0v) is 18.2. The Morgan fingerprint density at radius 2 is 1.87 bits per heavy atom. The number of nitrogens with one attached hydrogen (secondary N) is 2. The van der Waals surface area contributed by atoms with E-state index in [2.05, 4.69) is 46.7 Å². The average Bonchev–Trinajstić information content (AvgIpc) is 2.75. The van der Waals surface area contributed by atoms with Gasteiger partial charge in [0.25, 0.3) is 5.69 Å². The molecule has 0 saturated carbocycles. The van der Waals surface area contributed by atoms with E-state index in [1.165, 1.54) is 12.3 Å². The summed E-state index contributed by atoms with van der Waals surface area (Å²) in [6, 6.07) is 12.3. The van der Waals surface area contributed by atoms with Crippen molar-refractivity contribution in [3.8, 4) is 5.75 Å². The summed E-state index contributed by atoms with van der Waals surface area (Å²) in [7, 11) is 3.57. The summed E-state index contributed by atoms with van der Waals surface area (Å²) in [5.41, 5.74) is 3.19. The zero-order chi connectivity index (χ0) is 22.4. The summed E-state index contributed by atoms with van der Waals surface area (Å²) < 4.78 is 0.391. The van der Waals surface area contributed by atoms with E-state index < -0.39 is 16.4 Å². The molecule has 160 valence electrons. The normalized spacial score (nSPS) is 10.8. The molecule has 3 aromatic rings. The smallest absolute Gasteiger partial charge is 0.263 e. The van der Waals surface area contributed by atoms with E-state index in [4.69, 9.17) is 0 Å². The minimum atomic E-state index is -0.742. The Labute approximate surface area is 186 Å². The lowest BCUT2D eigenvalue weighted by atomic mass is 10.2. The van der Waals surface area contributed by atoms with E-state index in [1.807, 2.05) is 30.3 Å². The fourth-order valence-corrected chi connectivity index (χ4v) is 2.93. The summed E-state index contributed by atoms with van der Waals surface area (Å²) in [4.78, 5) is 24.8. The zero-order valence-electron chi connectivity index (χ0n) is 16.6. The molecule has 0 unspecified atom stereocenters. The summed E-state index contributed by atoms with van der Waals surface area (Å²) in [6.45, 7) is 0.516. The molecular formula is C19H18BrN8O3-. The van der Waals surface area contributed by atoms with E-state index in [1.54, 1.807) is 19.0 Å². The maximum Gasteiger partial charge on any atom is 0.263 e. The highest BCUT2D eigenvalue weighted by atomic mass is 79.9. The number of hydrogen-bond acceptors (Lipinski definition) is 10. The summed E-state index contributed by atoms with van der Waals surface area (Å²) in [5, 5.41) is 30.3. The first-order chi connectivity index (χ1) is 14.8. The number of aromatic nitrogens is 3. The molecule has 12 heteroatoms. The van der Waals surface area contributed by atoms with Crippen molar-refractivity contribution < 1.29 is 10.0 Å². The number of hydrazone groups is 1. The number of anilines is 3. The van der Waals surface area contributed by atoms with Gasteiger partial charge < -0.3 is 15.3 Å². The third-order valence-electron chi connectivity index (χ3n) is 3.94. The molecular weight excluding hydrogens is 468 g/mol. The van der Waals surface area contributed by atoms with Crippen LogP contribution in [0, 0.1) is 10.1 Å². The quantitative estimate of drug-likeness (QED) is 0.279. The lowest BCUT2D eigenvalue weighted by Gasteiger charge is -2.13. The number of nitro benzene ring substituents is 1. The van der Waals surface area contributed by atoms with Crippen molar-refractivity contribution in [3.63, 3.8) is 0 Å². The van der Waals surface area contributed by atoms with Crippen molar-refractivity contribution in [2.24, 2.45) is 5.10 Å². The van der Waals surface area contributed by atoms with Gasteiger partial charge >= 0.3 is 0 Å². The Bertz CT molecular complexity index is 1110. The van der Waals surface area contributed by atoms with Gasteiger partial charge in [-0.1, -0.05) is 46.3 Å². The fraction of sp³-hybridized carbons (Fsp3) is 0.158. The Morgan fingerprint density at radius 3 is 2.55 bits per heavy atom. The molecule has 3 rings (SSSR count). The van der Waals surface area contributed by atoms with Crippen LogP contribution in [-0.2, 0) is 6.54 Å². The second-order valence-corrected chi connectivity index (χ2v) is 7.40. The van der Waals surface area contributed by atoms with Crippen LogP contribution >= 0.6 is 15.9 Å². The first-order valence-electron chi connectivity index (χ1n) is 8.98. The molecule has 0 spiro atoms. The predicted octanol–water partition coefficient (Wildman–Crippen LogP) is 2.74. The average molecular weight is 486 g/mol. The van der Waals surface area contributed by atoms with Crippen LogP contribution in [0.25, 0.3) is 0 Å². The molecule has 2 N–H and O–H groups in total. The van der Waals surface area contributed by atoms with Crippen molar-refractivity contribution in [1.82, 2.24) is 15.0 Å². The van der Waals surface area contributed by atoms with Crippen LogP contribution in [0.5, 0.6) is 5.75 Å². The van der Waals surface area contributed by atoms with E-state index in [0.717, 1.165) is 11.6 Å². The van der Waals surface area contributed by atoms with E-state index >= 15 is 0 Å². The topological polar surface area (TPSA) is 145 Å². The van der Waals surface area contributed by atoms with E-state index in [9.17, 15) is 15.2 Å². The molecule has 0 aliphatic heterocycles. The molecule has 0 bridgehead atoms. The molecule has 11 nitrogen and oxygen atoms in total. The van der Waals surface area contributed by atoms with Crippen LogP contribution in [0.3, 0.4) is 0 Å². The highest BCUT2D eigenvalue weighted by Crippen LogP contribution is 2.30. The SMILES string of the molecule is CN(C)c1nc(NCc2ccccc2)nc(N/N=C\c2cc(Br)cc([N+](=O)[O-])c2[O-])n1. The van der Waals surface area contributed by atoms with Crippen LogP contribution in [0.15, 0.2) is 52.0 Å². The number of hydrogen-bond donors (Lipinski definition) is 2. The molecule has 0 atom stereocenters. The van der Waals surface area contributed by atoms with Gasteiger partial charge in [0.2, 0.25) is 17.8 Å². The highest BCUT2D eigenvalue weighted by molar-refractivity contribution is 9.10. The molecule has 2 aromatic carbocycles. The van der Waals surface area contributed by atoms with Crippen molar-refractivity contribution in [2.45, 2.75) is 6.54 Å². The third-order valence-corrected chi connectivity index (χ3v) is 4.40. The molecule has 0 aliphatic rings. The maximum absolute atomic E-state index is 12.2. The van der Waals surface area contributed by atoms with Crippen LogP contribution in [0.2, 0.25) is 0 Å². The molecule has 1 heterocycles. The largest absolute Gasteiger partial charge is 0.867 e. The summed E-state index contributed by atoms with van der Waals surface area (Å²) >= 11 is 3.15. The minimum Gasteiger partial charge on any atom is -0.867 e. The number of nitro groups is 1. The molecule has 0 saturated heterocycles. The van der Waals surface area contributed by atoms with Gasteiger partial charge in [0, 0.05) is 31.2 Å². The van der Waals surface area contributed by atoms with Crippen molar-refractivity contribution in [1.29, 1.82) is 0 Å².